The standard InChI is InChI=1S/C21H21N2O2/c1-2-3-14-18(21(24)25)23-15-22-19(16-10-6-4-7-11-16)20(23)17-12-8-5-9-13-17/h4-13,15,18H,1-3,14H2,(H,24,25). The van der Waals surface area contributed by atoms with Crippen molar-refractivity contribution in [3.8, 4) is 22.5 Å². The third-order valence-electron chi connectivity index (χ3n) is 4.24. The van der Waals surface area contributed by atoms with E-state index in [1.807, 2.05) is 60.7 Å². The number of unbranched alkanes of at least 4 members (excludes halogenated alkanes) is 1. The van der Waals surface area contributed by atoms with Gasteiger partial charge in [-0.25, -0.2) is 9.78 Å². The lowest BCUT2D eigenvalue weighted by Gasteiger charge is -2.18. The first-order valence-corrected chi connectivity index (χ1v) is 8.42. The van der Waals surface area contributed by atoms with Crippen molar-refractivity contribution >= 4 is 5.97 Å². The Hall–Kier alpha value is -2.88. The maximum absolute atomic E-state index is 11.9. The normalized spacial score (nSPS) is 12.0. The summed E-state index contributed by atoms with van der Waals surface area (Å²) in [6, 6.07) is 19.0. The largest absolute Gasteiger partial charge is 0.480 e. The molecule has 1 heterocycles. The molecule has 25 heavy (non-hydrogen) atoms. The van der Waals surface area contributed by atoms with E-state index in [4.69, 9.17) is 0 Å². The van der Waals surface area contributed by atoms with Crippen LogP contribution in [-0.4, -0.2) is 20.6 Å². The van der Waals surface area contributed by atoms with Crippen LogP contribution in [0.1, 0.15) is 25.3 Å². The Kier molecular flexibility index (Phi) is 5.29. The van der Waals surface area contributed by atoms with E-state index < -0.39 is 12.0 Å². The lowest BCUT2D eigenvalue weighted by Crippen LogP contribution is -2.19. The van der Waals surface area contributed by atoms with Gasteiger partial charge in [0.25, 0.3) is 0 Å². The van der Waals surface area contributed by atoms with E-state index in [-0.39, 0.29) is 0 Å². The summed E-state index contributed by atoms with van der Waals surface area (Å²) >= 11 is 0. The van der Waals surface area contributed by atoms with Gasteiger partial charge in [-0.05, 0) is 6.42 Å². The molecule has 1 aromatic heterocycles. The zero-order chi connectivity index (χ0) is 17.6. The number of carbonyl (C=O) groups is 1. The molecule has 2 aromatic carbocycles. The molecular formula is C21H21N2O2. The summed E-state index contributed by atoms with van der Waals surface area (Å²) in [5.41, 5.74) is 3.57. The Morgan fingerprint density at radius 2 is 1.64 bits per heavy atom. The minimum absolute atomic E-state index is 0.531. The number of rotatable bonds is 7. The number of nitrogens with zero attached hydrogens (tertiary/aromatic N) is 2. The summed E-state index contributed by atoms with van der Waals surface area (Å²) in [6.45, 7) is 3.83. The molecule has 1 atom stereocenters. The Morgan fingerprint density at radius 1 is 1.04 bits per heavy atom. The first kappa shape index (κ1) is 17.0. The van der Waals surface area contributed by atoms with Crippen molar-refractivity contribution in [1.82, 2.24) is 9.55 Å². The van der Waals surface area contributed by atoms with Gasteiger partial charge >= 0.3 is 5.97 Å². The van der Waals surface area contributed by atoms with Crippen LogP contribution in [0.25, 0.3) is 22.5 Å². The average molecular weight is 333 g/mol. The summed E-state index contributed by atoms with van der Waals surface area (Å²) in [6.07, 6.45) is 3.64. The Balaban J connectivity index is 2.16. The summed E-state index contributed by atoms with van der Waals surface area (Å²) in [4.78, 5) is 16.4. The van der Waals surface area contributed by atoms with Crippen molar-refractivity contribution in [2.75, 3.05) is 0 Å². The van der Waals surface area contributed by atoms with Gasteiger partial charge in [0.2, 0.25) is 0 Å². The zero-order valence-corrected chi connectivity index (χ0v) is 14.0. The van der Waals surface area contributed by atoms with Crippen molar-refractivity contribution in [2.24, 2.45) is 0 Å². The van der Waals surface area contributed by atoms with Crippen molar-refractivity contribution < 1.29 is 9.90 Å². The molecule has 0 aliphatic carbocycles. The van der Waals surface area contributed by atoms with Gasteiger partial charge in [-0.15, -0.1) is 0 Å². The smallest absolute Gasteiger partial charge is 0.326 e. The first-order chi connectivity index (χ1) is 12.2. The molecule has 1 radical (unpaired) electrons. The third kappa shape index (κ3) is 3.63. The zero-order valence-electron chi connectivity index (χ0n) is 14.0. The second kappa shape index (κ2) is 7.79. The van der Waals surface area contributed by atoms with Crippen LogP contribution in [-0.2, 0) is 4.79 Å². The number of benzene rings is 2. The molecule has 4 nitrogen and oxygen atoms in total. The maximum atomic E-state index is 11.9. The predicted octanol–water partition coefficient (Wildman–Crippen LogP) is 4.85. The maximum Gasteiger partial charge on any atom is 0.326 e. The third-order valence-corrected chi connectivity index (χ3v) is 4.24. The quantitative estimate of drug-likeness (QED) is 0.672. The molecule has 3 aromatic rings. The molecule has 0 fully saturated rings. The van der Waals surface area contributed by atoms with Gasteiger partial charge in [0.1, 0.15) is 6.04 Å². The SMILES string of the molecule is [CH2]CCCC(C(=O)O)n1cnc(-c2ccccc2)c1-c1ccccc1. The van der Waals surface area contributed by atoms with E-state index in [1.54, 1.807) is 10.9 Å². The van der Waals surface area contributed by atoms with Crippen LogP contribution >= 0.6 is 0 Å². The lowest BCUT2D eigenvalue weighted by atomic mass is 10.0. The van der Waals surface area contributed by atoms with E-state index in [0.29, 0.717) is 12.8 Å². The van der Waals surface area contributed by atoms with Crippen molar-refractivity contribution in [3.63, 3.8) is 0 Å². The van der Waals surface area contributed by atoms with Crippen molar-refractivity contribution in [3.05, 3.63) is 73.9 Å². The molecule has 0 aliphatic heterocycles. The topological polar surface area (TPSA) is 55.1 Å². The number of hydrogen-bond acceptors (Lipinski definition) is 2. The number of carboxylic acid groups (broad SMARTS) is 1. The fourth-order valence-corrected chi connectivity index (χ4v) is 3.01. The molecule has 1 N–H and O–H groups in total. The lowest BCUT2D eigenvalue weighted by molar-refractivity contribution is -0.141. The summed E-state index contributed by atoms with van der Waals surface area (Å²) in [5, 5.41) is 9.74. The van der Waals surface area contributed by atoms with Crippen molar-refractivity contribution in [1.29, 1.82) is 0 Å². The Bertz CT molecular complexity index is 826. The van der Waals surface area contributed by atoms with E-state index in [0.717, 1.165) is 28.9 Å². The fraction of sp³-hybridized carbons (Fsp3) is 0.190. The molecule has 3 rings (SSSR count). The highest BCUT2D eigenvalue weighted by molar-refractivity contribution is 5.81. The van der Waals surface area contributed by atoms with Crippen LogP contribution in [0.4, 0.5) is 0 Å². The highest BCUT2D eigenvalue weighted by Gasteiger charge is 2.25. The summed E-state index contributed by atoms with van der Waals surface area (Å²) < 4.78 is 1.79. The molecule has 0 saturated heterocycles. The predicted molar refractivity (Wildman–Crippen MR) is 99.0 cm³/mol. The van der Waals surface area contributed by atoms with Gasteiger partial charge < -0.3 is 9.67 Å². The Labute approximate surface area is 147 Å². The van der Waals surface area contributed by atoms with Crippen LogP contribution in [0, 0.1) is 6.92 Å². The number of imidazole rings is 1. The van der Waals surface area contributed by atoms with Crippen LogP contribution in [0.5, 0.6) is 0 Å². The van der Waals surface area contributed by atoms with Crippen LogP contribution in [0.3, 0.4) is 0 Å². The monoisotopic (exact) mass is 333 g/mol. The average Bonchev–Trinajstić information content (AvgIpc) is 3.08. The van der Waals surface area contributed by atoms with Gasteiger partial charge in [-0.3, -0.25) is 0 Å². The van der Waals surface area contributed by atoms with E-state index in [9.17, 15) is 9.90 Å². The molecule has 0 spiro atoms. The molecule has 0 saturated carbocycles. The fourth-order valence-electron chi connectivity index (χ4n) is 3.01. The van der Waals surface area contributed by atoms with Crippen molar-refractivity contribution in [2.45, 2.75) is 25.3 Å². The van der Waals surface area contributed by atoms with E-state index in [1.165, 1.54) is 0 Å². The second-order valence-corrected chi connectivity index (χ2v) is 5.93. The van der Waals surface area contributed by atoms with Gasteiger partial charge in [-0.2, -0.15) is 0 Å². The van der Waals surface area contributed by atoms with E-state index >= 15 is 0 Å². The molecular weight excluding hydrogens is 312 g/mol. The van der Waals surface area contributed by atoms with Gasteiger partial charge in [0, 0.05) is 11.1 Å². The second-order valence-electron chi connectivity index (χ2n) is 5.93. The Morgan fingerprint density at radius 3 is 2.20 bits per heavy atom. The molecule has 0 bridgehead atoms. The van der Waals surface area contributed by atoms with Crippen LogP contribution in [0.2, 0.25) is 0 Å². The first-order valence-electron chi connectivity index (χ1n) is 8.42. The van der Waals surface area contributed by atoms with Gasteiger partial charge in [0.05, 0.1) is 17.7 Å². The minimum atomic E-state index is -0.845. The summed E-state index contributed by atoms with van der Waals surface area (Å²) in [5.74, 6) is -0.845. The number of aliphatic carboxylic acids is 1. The van der Waals surface area contributed by atoms with Gasteiger partial charge in [0.15, 0.2) is 0 Å². The molecule has 0 aliphatic rings. The van der Waals surface area contributed by atoms with Crippen LogP contribution in [0.15, 0.2) is 67.0 Å². The molecule has 4 heteroatoms. The van der Waals surface area contributed by atoms with Crippen LogP contribution < -0.4 is 0 Å². The minimum Gasteiger partial charge on any atom is -0.480 e. The molecule has 1 unspecified atom stereocenters. The summed E-state index contributed by atoms with van der Waals surface area (Å²) in [7, 11) is 0. The van der Waals surface area contributed by atoms with E-state index in [2.05, 4.69) is 11.9 Å². The highest BCUT2D eigenvalue weighted by Crippen LogP contribution is 2.34. The number of hydrogen-bond donors (Lipinski definition) is 1. The molecule has 127 valence electrons. The number of aromatic nitrogens is 2. The van der Waals surface area contributed by atoms with Gasteiger partial charge in [-0.1, -0.05) is 80.4 Å². The highest BCUT2D eigenvalue weighted by atomic mass is 16.4. The molecule has 0 amide bonds. The number of carboxylic acids is 1.